The Kier molecular flexibility index (Phi) is 3.38. The first-order chi connectivity index (χ1) is 6.85. The van der Waals surface area contributed by atoms with E-state index >= 15 is 0 Å². The van der Waals surface area contributed by atoms with Crippen LogP contribution in [0.3, 0.4) is 0 Å². The molecule has 0 aromatic rings. The Morgan fingerprint density at radius 2 is 1.93 bits per heavy atom. The van der Waals surface area contributed by atoms with E-state index in [0.29, 0.717) is 0 Å². The van der Waals surface area contributed by atoms with Crippen molar-refractivity contribution in [2.24, 2.45) is 5.41 Å². The Balaban J connectivity index is 1.80. The van der Waals surface area contributed by atoms with Crippen molar-refractivity contribution in [2.75, 3.05) is 59.8 Å². The van der Waals surface area contributed by atoms with Gasteiger partial charge in [0.1, 0.15) is 0 Å². The van der Waals surface area contributed by atoms with Gasteiger partial charge in [0.2, 0.25) is 0 Å². The zero-order valence-corrected chi connectivity index (χ0v) is 8.83. The quantitative estimate of drug-likeness (QED) is 0.639. The molecule has 0 aromatic carbocycles. The van der Waals surface area contributed by atoms with Crippen molar-refractivity contribution in [3.05, 3.63) is 0 Å². The van der Waals surface area contributed by atoms with Crippen LogP contribution in [0, 0.1) is 5.41 Å². The molecule has 14 heavy (non-hydrogen) atoms. The third-order valence-electron chi connectivity index (χ3n) is 2.93. The van der Waals surface area contributed by atoms with Gasteiger partial charge in [-0.05, 0) is 0 Å². The smallest absolute Gasteiger partial charge is 0.0594 e. The molecular weight excluding hydrogens is 182 g/mol. The first-order valence-electron chi connectivity index (χ1n) is 5.21. The van der Waals surface area contributed by atoms with Gasteiger partial charge in [-0.3, -0.25) is 4.90 Å². The van der Waals surface area contributed by atoms with Gasteiger partial charge in [-0.15, -0.1) is 0 Å². The van der Waals surface area contributed by atoms with Crippen LogP contribution in [0.15, 0.2) is 0 Å². The van der Waals surface area contributed by atoms with Crippen LogP contribution < -0.4 is 0 Å². The molecule has 2 rings (SSSR count). The molecule has 0 aliphatic carbocycles. The van der Waals surface area contributed by atoms with Gasteiger partial charge in [0.25, 0.3) is 0 Å². The largest absolute Gasteiger partial charge is 0.384 e. The molecule has 2 fully saturated rings. The predicted octanol–water partition coefficient (Wildman–Crippen LogP) is -0.0184. The Hall–Kier alpha value is -0.160. The molecule has 2 aliphatic heterocycles. The summed E-state index contributed by atoms with van der Waals surface area (Å²) in [7, 11) is 1.76. The molecule has 0 amide bonds. The predicted molar refractivity (Wildman–Crippen MR) is 52.4 cm³/mol. The standard InChI is InChI=1S/C10H19NO3/c1-12-7-10(8-14-9-10)6-11-2-4-13-5-3-11/h2-9H2,1H3. The Morgan fingerprint density at radius 3 is 2.43 bits per heavy atom. The van der Waals surface area contributed by atoms with Crippen molar-refractivity contribution in [1.82, 2.24) is 4.90 Å². The van der Waals surface area contributed by atoms with Crippen LogP contribution in [0.25, 0.3) is 0 Å². The fourth-order valence-corrected chi connectivity index (χ4v) is 2.15. The third kappa shape index (κ3) is 2.25. The molecular formula is C10H19NO3. The lowest BCUT2D eigenvalue weighted by molar-refractivity contribution is -0.158. The van der Waals surface area contributed by atoms with Crippen molar-refractivity contribution < 1.29 is 14.2 Å². The Labute approximate surface area is 85.1 Å². The highest BCUT2D eigenvalue weighted by molar-refractivity contribution is 4.89. The van der Waals surface area contributed by atoms with Gasteiger partial charge < -0.3 is 14.2 Å². The maximum atomic E-state index is 5.32. The van der Waals surface area contributed by atoms with Crippen LogP contribution in [0.2, 0.25) is 0 Å². The monoisotopic (exact) mass is 201 g/mol. The van der Waals surface area contributed by atoms with Crippen molar-refractivity contribution in [2.45, 2.75) is 0 Å². The molecule has 4 heteroatoms. The molecule has 2 heterocycles. The molecule has 0 aromatic heterocycles. The minimum absolute atomic E-state index is 0.256. The lowest BCUT2D eigenvalue weighted by atomic mass is 9.86. The minimum atomic E-state index is 0.256. The van der Waals surface area contributed by atoms with Crippen LogP contribution in [0.5, 0.6) is 0 Å². The van der Waals surface area contributed by atoms with Gasteiger partial charge >= 0.3 is 0 Å². The van der Waals surface area contributed by atoms with E-state index in [4.69, 9.17) is 14.2 Å². The van der Waals surface area contributed by atoms with E-state index in [1.165, 1.54) is 0 Å². The molecule has 0 bridgehead atoms. The van der Waals surface area contributed by atoms with Crippen molar-refractivity contribution in [3.8, 4) is 0 Å². The summed E-state index contributed by atoms with van der Waals surface area (Å²) in [6.45, 7) is 7.41. The van der Waals surface area contributed by atoms with Gasteiger partial charge in [-0.2, -0.15) is 0 Å². The van der Waals surface area contributed by atoms with Crippen molar-refractivity contribution in [1.29, 1.82) is 0 Å². The molecule has 82 valence electrons. The van der Waals surface area contributed by atoms with Crippen LogP contribution in [0.1, 0.15) is 0 Å². The number of hydrogen-bond acceptors (Lipinski definition) is 4. The molecule has 0 saturated carbocycles. The number of methoxy groups -OCH3 is 1. The summed E-state index contributed by atoms with van der Waals surface area (Å²) in [5.74, 6) is 0. The zero-order valence-electron chi connectivity index (χ0n) is 8.83. The summed E-state index contributed by atoms with van der Waals surface area (Å²) in [5, 5.41) is 0. The van der Waals surface area contributed by atoms with E-state index in [0.717, 1.165) is 52.7 Å². The SMILES string of the molecule is COCC1(CN2CCOCC2)COC1. The second-order valence-corrected chi connectivity index (χ2v) is 4.31. The second-order valence-electron chi connectivity index (χ2n) is 4.31. The highest BCUT2D eigenvalue weighted by Gasteiger charge is 2.40. The van der Waals surface area contributed by atoms with Crippen LogP contribution in [-0.2, 0) is 14.2 Å². The van der Waals surface area contributed by atoms with E-state index in [1.54, 1.807) is 7.11 Å². The topological polar surface area (TPSA) is 30.9 Å². The summed E-state index contributed by atoms with van der Waals surface area (Å²) in [5.41, 5.74) is 0.256. The lowest BCUT2D eigenvalue weighted by Gasteiger charge is -2.44. The first kappa shape index (κ1) is 10.4. The van der Waals surface area contributed by atoms with Crippen LogP contribution in [0.4, 0.5) is 0 Å². The molecule has 2 aliphatic rings. The van der Waals surface area contributed by atoms with Gasteiger partial charge in [-0.25, -0.2) is 0 Å². The third-order valence-corrected chi connectivity index (χ3v) is 2.93. The fourth-order valence-electron chi connectivity index (χ4n) is 2.15. The van der Waals surface area contributed by atoms with E-state index in [2.05, 4.69) is 4.90 Å². The summed E-state index contributed by atoms with van der Waals surface area (Å²) >= 11 is 0. The van der Waals surface area contributed by atoms with E-state index in [1.807, 2.05) is 0 Å². The number of rotatable bonds is 4. The Bertz CT molecular complexity index is 176. The van der Waals surface area contributed by atoms with Crippen LogP contribution in [-0.4, -0.2) is 64.7 Å². The van der Waals surface area contributed by atoms with E-state index < -0.39 is 0 Å². The molecule has 0 spiro atoms. The summed E-state index contributed by atoms with van der Waals surface area (Å²) in [6.07, 6.45) is 0. The number of hydrogen-bond donors (Lipinski definition) is 0. The maximum Gasteiger partial charge on any atom is 0.0594 e. The van der Waals surface area contributed by atoms with Gasteiger partial charge in [-0.1, -0.05) is 0 Å². The van der Waals surface area contributed by atoms with E-state index in [-0.39, 0.29) is 5.41 Å². The normalized spacial score (nSPS) is 27.2. The number of morpholine rings is 1. The summed E-state index contributed by atoms with van der Waals surface area (Å²) < 4.78 is 15.9. The van der Waals surface area contributed by atoms with Crippen molar-refractivity contribution >= 4 is 0 Å². The lowest BCUT2D eigenvalue weighted by Crippen LogP contribution is -2.55. The van der Waals surface area contributed by atoms with E-state index in [9.17, 15) is 0 Å². The highest BCUT2D eigenvalue weighted by atomic mass is 16.5. The first-order valence-corrected chi connectivity index (χ1v) is 5.21. The van der Waals surface area contributed by atoms with Gasteiger partial charge in [0.05, 0.1) is 38.4 Å². The molecule has 0 N–H and O–H groups in total. The zero-order chi connectivity index (χ0) is 9.86. The van der Waals surface area contributed by atoms with Crippen LogP contribution >= 0.6 is 0 Å². The molecule has 4 nitrogen and oxygen atoms in total. The average Bonchev–Trinajstić information content (AvgIpc) is 2.16. The van der Waals surface area contributed by atoms with Gasteiger partial charge in [0, 0.05) is 26.7 Å². The second kappa shape index (κ2) is 4.57. The maximum absolute atomic E-state index is 5.32. The molecule has 2 saturated heterocycles. The number of nitrogens with zero attached hydrogens (tertiary/aromatic N) is 1. The highest BCUT2D eigenvalue weighted by Crippen LogP contribution is 2.29. The summed E-state index contributed by atoms with van der Waals surface area (Å²) in [6, 6.07) is 0. The molecule has 0 unspecified atom stereocenters. The Morgan fingerprint density at radius 1 is 1.21 bits per heavy atom. The minimum Gasteiger partial charge on any atom is -0.384 e. The molecule has 0 radical (unpaired) electrons. The fraction of sp³-hybridized carbons (Fsp3) is 1.00. The van der Waals surface area contributed by atoms with Gasteiger partial charge in [0.15, 0.2) is 0 Å². The molecule has 0 atom stereocenters. The summed E-state index contributed by atoms with van der Waals surface area (Å²) in [4.78, 5) is 2.45. The van der Waals surface area contributed by atoms with Crippen molar-refractivity contribution in [3.63, 3.8) is 0 Å². The number of ether oxygens (including phenoxy) is 3. The average molecular weight is 201 g/mol.